The minimum atomic E-state index is -0.926. The summed E-state index contributed by atoms with van der Waals surface area (Å²) in [6.45, 7) is 4.68. The molecule has 0 unspecified atom stereocenters. The largest absolute Gasteiger partial charge is 0.453 e. The zero-order valence-electron chi connectivity index (χ0n) is 17.0. The van der Waals surface area contributed by atoms with Gasteiger partial charge < -0.3 is 29.6 Å². The molecular formula is C19H23N3O7S. The molecule has 0 aliphatic rings. The summed E-state index contributed by atoms with van der Waals surface area (Å²) < 4.78 is 15.7. The van der Waals surface area contributed by atoms with E-state index in [1.807, 2.05) is 0 Å². The van der Waals surface area contributed by atoms with Gasteiger partial charge in [-0.15, -0.1) is 0 Å². The number of thioether (sulfide) groups is 1. The van der Waals surface area contributed by atoms with Gasteiger partial charge in [-0.25, -0.2) is 9.59 Å². The molecule has 0 saturated carbocycles. The molecule has 162 valence electrons. The van der Waals surface area contributed by atoms with Gasteiger partial charge in [-0.3, -0.25) is 0 Å². The fraction of sp³-hybridized carbons (Fsp3) is 0.421. The fourth-order valence-corrected chi connectivity index (χ4v) is 2.92. The molecule has 1 aromatic heterocycles. The molecule has 2 aromatic rings. The van der Waals surface area contributed by atoms with Crippen LogP contribution in [0.5, 0.6) is 5.75 Å². The lowest BCUT2D eigenvalue weighted by Gasteiger charge is -2.22. The number of carbonyl (C=O) groups is 2. The molecule has 0 aliphatic carbocycles. The molecular weight excluding hydrogens is 414 g/mol. The third kappa shape index (κ3) is 6.76. The Morgan fingerprint density at radius 2 is 2.00 bits per heavy atom. The average molecular weight is 437 g/mol. The lowest BCUT2D eigenvalue weighted by atomic mass is 10.2. The van der Waals surface area contributed by atoms with E-state index in [0.717, 1.165) is 0 Å². The Morgan fingerprint density at radius 3 is 2.63 bits per heavy atom. The van der Waals surface area contributed by atoms with Crippen LogP contribution in [0.1, 0.15) is 20.8 Å². The van der Waals surface area contributed by atoms with E-state index >= 15 is 0 Å². The van der Waals surface area contributed by atoms with Crippen LogP contribution in [0, 0.1) is 10.1 Å². The zero-order chi connectivity index (χ0) is 22.3. The van der Waals surface area contributed by atoms with E-state index in [-0.39, 0.29) is 22.8 Å². The summed E-state index contributed by atoms with van der Waals surface area (Å²) in [6.07, 6.45) is 1.05. The van der Waals surface area contributed by atoms with Crippen molar-refractivity contribution >= 4 is 40.5 Å². The van der Waals surface area contributed by atoms with E-state index < -0.39 is 35.4 Å². The van der Waals surface area contributed by atoms with Gasteiger partial charge in [0.25, 0.3) is 0 Å². The SMILES string of the molecule is CSC[C@H](NC(=O)OC(C)(C)C)C(=O)OCOc1cccc2ccc([N+](=O)[O-])nc12. The van der Waals surface area contributed by atoms with Gasteiger partial charge in [0, 0.05) is 17.2 Å². The van der Waals surface area contributed by atoms with E-state index in [1.165, 1.54) is 17.8 Å². The van der Waals surface area contributed by atoms with Gasteiger partial charge in [-0.2, -0.15) is 11.8 Å². The predicted octanol–water partition coefficient (Wildman–Crippen LogP) is 3.28. The summed E-state index contributed by atoms with van der Waals surface area (Å²) in [7, 11) is 0. The van der Waals surface area contributed by atoms with Crippen LogP contribution in [0.15, 0.2) is 30.3 Å². The van der Waals surface area contributed by atoms with Crippen molar-refractivity contribution in [2.75, 3.05) is 18.8 Å². The number of aromatic nitrogens is 1. The molecule has 1 N–H and O–H groups in total. The molecule has 2 rings (SSSR count). The zero-order valence-corrected chi connectivity index (χ0v) is 17.9. The van der Waals surface area contributed by atoms with E-state index in [4.69, 9.17) is 14.2 Å². The first-order chi connectivity index (χ1) is 14.1. The summed E-state index contributed by atoms with van der Waals surface area (Å²) in [5.74, 6) is -0.517. The van der Waals surface area contributed by atoms with Crippen molar-refractivity contribution in [2.24, 2.45) is 0 Å². The number of pyridine rings is 1. The second-order valence-electron chi connectivity index (χ2n) is 7.13. The monoisotopic (exact) mass is 437 g/mol. The Bertz CT molecular complexity index is 930. The smallest absolute Gasteiger partial charge is 0.408 e. The molecule has 1 atom stereocenters. The number of benzene rings is 1. The number of rotatable bonds is 8. The molecule has 30 heavy (non-hydrogen) atoms. The molecule has 11 heteroatoms. The minimum absolute atomic E-state index is 0.227. The first-order valence-corrected chi connectivity index (χ1v) is 10.3. The number of esters is 1. The fourth-order valence-electron chi connectivity index (χ4n) is 2.36. The highest BCUT2D eigenvalue weighted by Crippen LogP contribution is 2.26. The van der Waals surface area contributed by atoms with Crippen molar-refractivity contribution in [2.45, 2.75) is 32.4 Å². The molecule has 1 amide bonds. The molecule has 0 bridgehead atoms. The average Bonchev–Trinajstić information content (AvgIpc) is 2.65. The van der Waals surface area contributed by atoms with E-state index in [9.17, 15) is 19.7 Å². The number of hydrogen-bond donors (Lipinski definition) is 1. The number of ether oxygens (including phenoxy) is 3. The van der Waals surface area contributed by atoms with Crippen LogP contribution in [0.3, 0.4) is 0 Å². The van der Waals surface area contributed by atoms with Crippen molar-refractivity contribution in [1.29, 1.82) is 0 Å². The topological polar surface area (TPSA) is 130 Å². The molecule has 1 aromatic carbocycles. The number of fused-ring (bicyclic) bond motifs is 1. The van der Waals surface area contributed by atoms with Gasteiger partial charge in [0.2, 0.25) is 12.3 Å². The van der Waals surface area contributed by atoms with Gasteiger partial charge in [0.15, 0.2) is 5.75 Å². The van der Waals surface area contributed by atoms with Crippen molar-refractivity contribution in [3.8, 4) is 5.75 Å². The first kappa shape index (κ1) is 23.2. The van der Waals surface area contributed by atoms with Crippen molar-refractivity contribution < 1.29 is 28.7 Å². The Labute approximate surface area is 177 Å². The summed E-state index contributed by atoms with van der Waals surface area (Å²) >= 11 is 1.35. The summed E-state index contributed by atoms with van der Waals surface area (Å²) in [5, 5.41) is 14.1. The van der Waals surface area contributed by atoms with Gasteiger partial charge >= 0.3 is 17.9 Å². The second-order valence-corrected chi connectivity index (χ2v) is 8.04. The van der Waals surface area contributed by atoms with Crippen LogP contribution >= 0.6 is 11.8 Å². The van der Waals surface area contributed by atoms with E-state index in [2.05, 4.69) is 10.3 Å². The highest BCUT2D eigenvalue weighted by molar-refractivity contribution is 7.98. The number of carbonyl (C=O) groups excluding carboxylic acids is 2. The van der Waals surface area contributed by atoms with Gasteiger partial charge in [0.1, 0.15) is 11.6 Å². The van der Waals surface area contributed by atoms with Crippen molar-refractivity contribution in [1.82, 2.24) is 10.3 Å². The minimum Gasteiger partial charge on any atom is -0.453 e. The molecule has 0 saturated heterocycles. The maximum absolute atomic E-state index is 12.3. The Hall–Kier alpha value is -3.08. The molecule has 0 spiro atoms. The number of amides is 1. The van der Waals surface area contributed by atoms with Gasteiger partial charge in [-0.05, 0) is 49.1 Å². The summed E-state index contributed by atoms with van der Waals surface area (Å²) in [4.78, 5) is 38.6. The molecule has 1 heterocycles. The molecule has 0 aliphatic heterocycles. The number of nitrogens with one attached hydrogen (secondary N) is 1. The van der Waals surface area contributed by atoms with E-state index in [0.29, 0.717) is 5.39 Å². The Kier molecular flexibility index (Phi) is 7.81. The lowest BCUT2D eigenvalue weighted by Crippen LogP contribution is -2.46. The maximum Gasteiger partial charge on any atom is 0.408 e. The molecule has 10 nitrogen and oxygen atoms in total. The van der Waals surface area contributed by atoms with Crippen LogP contribution in [-0.2, 0) is 14.3 Å². The second kappa shape index (κ2) is 10.1. The number of alkyl carbamates (subject to hydrolysis) is 1. The highest BCUT2D eigenvalue weighted by Gasteiger charge is 2.25. The van der Waals surface area contributed by atoms with Crippen LogP contribution in [0.4, 0.5) is 10.6 Å². The number of nitrogens with zero attached hydrogens (tertiary/aromatic N) is 2. The number of para-hydroxylation sites is 1. The van der Waals surface area contributed by atoms with Crippen LogP contribution in [-0.4, -0.2) is 52.4 Å². The Balaban J connectivity index is 2.02. The molecule has 0 radical (unpaired) electrons. The Morgan fingerprint density at radius 1 is 1.27 bits per heavy atom. The first-order valence-electron chi connectivity index (χ1n) is 8.93. The van der Waals surface area contributed by atoms with Crippen molar-refractivity contribution in [3.63, 3.8) is 0 Å². The standard InChI is InChI=1S/C19H23N3O7S/c1-19(2,3)29-18(24)20-13(10-30-4)17(23)28-11-27-14-7-5-6-12-8-9-15(22(25)26)21-16(12)14/h5-9,13H,10-11H2,1-4H3,(H,20,24)/t13-/m0/s1. The van der Waals surface area contributed by atoms with Gasteiger partial charge in [-0.1, -0.05) is 12.1 Å². The maximum atomic E-state index is 12.3. The molecule has 0 fully saturated rings. The summed E-state index contributed by atoms with van der Waals surface area (Å²) in [6, 6.07) is 6.90. The third-order valence-electron chi connectivity index (χ3n) is 3.58. The third-order valence-corrected chi connectivity index (χ3v) is 4.25. The quantitative estimate of drug-likeness (QED) is 0.286. The number of hydrogen-bond acceptors (Lipinski definition) is 9. The van der Waals surface area contributed by atoms with Gasteiger partial charge in [0.05, 0.1) is 0 Å². The highest BCUT2D eigenvalue weighted by atomic mass is 32.2. The van der Waals surface area contributed by atoms with Crippen LogP contribution < -0.4 is 10.1 Å². The summed E-state index contributed by atoms with van der Waals surface area (Å²) in [5.41, 5.74) is -0.430. The van der Waals surface area contributed by atoms with E-state index in [1.54, 1.807) is 51.3 Å². The lowest BCUT2D eigenvalue weighted by molar-refractivity contribution is -0.389. The number of nitro groups is 1. The predicted molar refractivity (Wildman–Crippen MR) is 112 cm³/mol. The van der Waals surface area contributed by atoms with Crippen LogP contribution in [0.25, 0.3) is 10.9 Å². The van der Waals surface area contributed by atoms with Crippen LogP contribution in [0.2, 0.25) is 0 Å². The van der Waals surface area contributed by atoms with Crippen molar-refractivity contribution in [3.05, 3.63) is 40.4 Å². The normalized spacial score (nSPS) is 12.1.